The lowest BCUT2D eigenvalue weighted by molar-refractivity contribution is 0.0635. The number of amides is 1. The van der Waals surface area contributed by atoms with Crippen LogP contribution < -0.4 is 10.6 Å². The summed E-state index contributed by atoms with van der Waals surface area (Å²) < 4.78 is 19.0. The fourth-order valence-corrected chi connectivity index (χ4v) is 2.54. The SMILES string of the molecule is Cc1ncsc1CNc1ccc(F)c(NC(=O)OC(C)(C)C)c1. The molecule has 2 N–H and O–H groups in total. The van der Waals surface area contributed by atoms with Gasteiger partial charge in [0.2, 0.25) is 0 Å². The topological polar surface area (TPSA) is 63.2 Å². The maximum Gasteiger partial charge on any atom is 0.412 e. The number of ether oxygens (including phenoxy) is 1. The third-order valence-corrected chi connectivity index (χ3v) is 3.83. The summed E-state index contributed by atoms with van der Waals surface area (Å²) in [6.07, 6.45) is -0.688. The lowest BCUT2D eigenvalue weighted by atomic mass is 10.2. The van der Waals surface area contributed by atoms with Crippen molar-refractivity contribution < 1.29 is 13.9 Å². The van der Waals surface area contributed by atoms with Gasteiger partial charge in [-0.15, -0.1) is 11.3 Å². The number of nitrogens with one attached hydrogen (secondary N) is 2. The highest BCUT2D eigenvalue weighted by Gasteiger charge is 2.17. The monoisotopic (exact) mass is 337 g/mol. The van der Waals surface area contributed by atoms with Gasteiger partial charge in [-0.25, -0.2) is 14.2 Å². The first kappa shape index (κ1) is 17.2. The van der Waals surface area contributed by atoms with Gasteiger partial charge in [-0.2, -0.15) is 0 Å². The van der Waals surface area contributed by atoms with Gasteiger partial charge in [0.25, 0.3) is 0 Å². The molecule has 5 nitrogen and oxygen atoms in total. The molecular weight excluding hydrogens is 317 g/mol. The molecule has 2 aromatic rings. The third kappa shape index (κ3) is 5.21. The first-order valence-corrected chi connectivity index (χ1v) is 8.05. The zero-order valence-corrected chi connectivity index (χ0v) is 14.4. The van der Waals surface area contributed by atoms with Crippen LogP contribution in [0.15, 0.2) is 23.7 Å². The molecule has 0 bridgehead atoms. The Morgan fingerprint density at radius 2 is 2.13 bits per heavy atom. The average molecular weight is 337 g/mol. The largest absolute Gasteiger partial charge is 0.444 e. The minimum Gasteiger partial charge on any atom is -0.444 e. The molecule has 1 amide bonds. The molecule has 1 aromatic heterocycles. The second-order valence-electron chi connectivity index (χ2n) is 6.04. The quantitative estimate of drug-likeness (QED) is 0.859. The van der Waals surface area contributed by atoms with Crippen molar-refractivity contribution in [3.05, 3.63) is 40.1 Å². The number of rotatable bonds is 4. The predicted molar refractivity (Wildman–Crippen MR) is 90.4 cm³/mol. The Hall–Kier alpha value is -2.15. The number of carbonyl (C=O) groups excluding carboxylic acids is 1. The molecule has 1 aromatic carbocycles. The minimum atomic E-state index is -0.688. The van der Waals surface area contributed by atoms with E-state index in [0.29, 0.717) is 12.2 Å². The van der Waals surface area contributed by atoms with Crippen molar-refractivity contribution in [3.63, 3.8) is 0 Å². The van der Waals surface area contributed by atoms with Gasteiger partial charge < -0.3 is 10.1 Å². The van der Waals surface area contributed by atoms with Crippen LogP contribution in [0.1, 0.15) is 31.3 Å². The van der Waals surface area contributed by atoms with Gasteiger partial charge in [-0.05, 0) is 45.9 Å². The van der Waals surface area contributed by atoms with E-state index in [1.54, 1.807) is 43.7 Å². The number of thiazole rings is 1. The van der Waals surface area contributed by atoms with Crippen molar-refractivity contribution >= 4 is 28.8 Å². The molecule has 23 heavy (non-hydrogen) atoms. The summed E-state index contributed by atoms with van der Waals surface area (Å²) in [6, 6.07) is 4.45. The van der Waals surface area contributed by atoms with Crippen LogP contribution in [0.2, 0.25) is 0 Å². The zero-order chi connectivity index (χ0) is 17.0. The molecule has 0 saturated heterocycles. The molecule has 0 aliphatic rings. The first-order chi connectivity index (χ1) is 10.7. The third-order valence-electron chi connectivity index (χ3n) is 2.90. The summed E-state index contributed by atoms with van der Waals surface area (Å²) in [6.45, 7) is 7.77. The Balaban J connectivity index is 2.03. The molecular formula is C16H20FN3O2S. The summed E-state index contributed by atoms with van der Waals surface area (Å²) in [5.74, 6) is -0.518. The smallest absolute Gasteiger partial charge is 0.412 e. The number of hydrogen-bond donors (Lipinski definition) is 2. The second kappa shape index (κ2) is 6.95. The fraction of sp³-hybridized carbons (Fsp3) is 0.375. The number of carbonyl (C=O) groups is 1. The highest BCUT2D eigenvalue weighted by atomic mass is 32.1. The van der Waals surface area contributed by atoms with Crippen molar-refractivity contribution in [2.45, 2.75) is 39.8 Å². The maximum atomic E-state index is 13.8. The lowest BCUT2D eigenvalue weighted by Gasteiger charge is -2.20. The summed E-state index contributed by atoms with van der Waals surface area (Å²) >= 11 is 1.56. The average Bonchev–Trinajstić information content (AvgIpc) is 2.83. The van der Waals surface area contributed by atoms with Gasteiger partial charge in [0.1, 0.15) is 11.4 Å². The fourth-order valence-electron chi connectivity index (χ4n) is 1.82. The normalized spacial score (nSPS) is 11.2. The van der Waals surface area contributed by atoms with Crippen LogP contribution in [0.25, 0.3) is 0 Å². The summed E-state index contributed by atoms with van der Waals surface area (Å²) in [4.78, 5) is 17.0. The molecule has 0 radical (unpaired) electrons. The molecule has 0 fully saturated rings. The van der Waals surface area contributed by atoms with Crippen molar-refractivity contribution in [2.75, 3.05) is 10.6 Å². The van der Waals surface area contributed by atoms with Gasteiger partial charge in [-0.3, -0.25) is 5.32 Å². The molecule has 0 unspecified atom stereocenters. The Morgan fingerprint density at radius 3 is 2.74 bits per heavy atom. The first-order valence-electron chi connectivity index (χ1n) is 7.17. The van der Waals surface area contributed by atoms with Gasteiger partial charge in [-0.1, -0.05) is 0 Å². The van der Waals surface area contributed by atoms with Crippen LogP contribution in [-0.4, -0.2) is 16.7 Å². The second-order valence-corrected chi connectivity index (χ2v) is 6.98. The number of aromatic nitrogens is 1. The number of anilines is 2. The van der Waals surface area contributed by atoms with Gasteiger partial charge in [0.15, 0.2) is 0 Å². The molecule has 0 saturated carbocycles. The highest BCUT2D eigenvalue weighted by molar-refractivity contribution is 7.09. The minimum absolute atomic E-state index is 0.0743. The van der Waals surface area contributed by atoms with E-state index in [4.69, 9.17) is 4.74 Å². The van der Waals surface area contributed by atoms with Crippen molar-refractivity contribution in [1.29, 1.82) is 0 Å². The standard InChI is InChI=1S/C16H20FN3O2S/c1-10-14(23-9-19-10)8-18-11-5-6-12(17)13(7-11)20-15(21)22-16(2,3)4/h5-7,9,18H,8H2,1-4H3,(H,20,21). The summed E-state index contributed by atoms with van der Waals surface area (Å²) in [5, 5.41) is 5.61. The number of halogens is 1. The van der Waals surface area contributed by atoms with Crippen LogP contribution in [-0.2, 0) is 11.3 Å². The molecule has 2 rings (SSSR count). The molecule has 0 atom stereocenters. The predicted octanol–water partition coefficient (Wildman–Crippen LogP) is 4.55. The lowest BCUT2D eigenvalue weighted by Crippen LogP contribution is -2.27. The Morgan fingerprint density at radius 1 is 1.39 bits per heavy atom. The maximum absolute atomic E-state index is 13.8. The van der Waals surface area contributed by atoms with E-state index >= 15 is 0 Å². The molecule has 0 aliphatic carbocycles. The van der Waals surface area contributed by atoms with E-state index in [9.17, 15) is 9.18 Å². The zero-order valence-electron chi connectivity index (χ0n) is 13.6. The molecule has 7 heteroatoms. The van der Waals surface area contributed by atoms with Crippen LogP contribution in [0.4, 0.5) is 20.6 Å². The van der Waals surface area contributed by atoms with E-state index in [-0.39, 0.29) is 5.69 Å². The van der Waals surface area contributed by atoms with Crippen molar-refractivity contribution in [3.8, 4) is 0 Å². The Kier molecular flexibility index (Phi) is 5.20. The van der Waals surface area contributed by atoms with E-state index in [0.717, 1.165) is 10.6 Å². The van der Waals surface area contributed by atoms with Gasteiger partial charge in [0.05, 0.1) is 23.4 Å². The molecule has 0 aliphatic heterocycles. The Labute approximate surface area is 138 Å². The van der Waals surface area contributed by atoms with Crippen molar-refractivity contribution in [2.24, 2.45) is 0 Å². The molecule has 124 valence electrons. The highest BCUT2D eigenvalue weighted by Crippen LogP contribution is 2.22. The van der Waals surface area contributed by atoms with Crippen LogP contribution in [0, 0.1) is 12.7 Å². The summed E-state index contributed by atoms with van der Waals surface area (Å²) in [7, 11) is 0. The van der Waals surface area contributed by atoms with Crippen molar-refractivity contribution in [1.82, 2.24) is 4.98 Å². The number of aryl methyl sites for hydroxylation is 1. The van der Waals surface area contributed by atoms with Crippen LogP contribution in [0.5, 0.6) is 0 Å². The van der Waals surface area contributed by atoms with E-state index in [1.807, 2.05) is 6.92 Å². The van der Waals surface area contributed by atoms with Crippen LogP contribution in [0.3, 0.4) is 0 Å². The Bertz CT molecular complexity index is 695. The summed E-state index contributed by atoms with van der Waals surface area (Å²) in [5.41, 5.74) is 2.89. The van der Waals surface area contributed by atoms with E-state index < -0.39 is 17.5 Å². The van der Waals surface area contributed by atoms with E-state index in [2.05, 4.69) is 15.6 Å². The molecule has 1 heterocycles. The van der Waals surface area contributed by atoms with Crippen LogP contribution >= 0.6 is 11.3 Å². The van der Waals surface area contributed by atoms with Gasteiger partial charge >= 0.3 is 6.09 Å². The number of nitrogens with zero attached hydrogens (tertiary/aromatic N) is 1. The number of hydrogen-bond acceptors (Lipinski definition) is 5. The molecule has 0 spiro atoms. The number of benzene rings is 1. The van der Waals surface area contributed by atoms with E-state index in [1.165, 1.54) is 12.1 Å². The van der Waals surface area contributed by atoms with Gasteiger partial charge in [0, 0.05) is 10.6 Å².